The van der Waals surface area contributed by atoms with Gasteiger partial charge in [-0.1, -0.05) is 11.6 Å². The van der Waals surface area contributed by atoms with Crippen LogP contribution in [0.2, 0.25) is 0 Å². The van der Waals surface area contributed by atoms with Gasteiger partial charge >= 0.3 is 0 Å². The number of alkyl halides is 2. The number of allylic oxidation sites excluding steroid dienone is 2. The Hall–Kier alpha value is -3.63. The number of hydrogen-bond acceptors (Lipinski definition) is 7. The Balaban J connectivity index is 1.64. The third kappa shape index (κ3) is 3.46. The predicted molar refractivity (Wildman–Crippen MR) is 146 cm³/mol. The van der Waals surface area contributed by atoms with Gasteiger partial charge in [-0.2, -0.15) is 0 Å². The standard InChI is InChI=1S/C29H25Cl2FN2O7/c1-33-24(36)17-9-8-16-18(21(17)25(33)37)12-28(30)26(38)34(14-6-4-13(32)5-7-14)27(39)29(28,31)23(16)22-19(40-2)10-15(35)11-20(22)41-3/h4-8,10-11,17-18,21,23,35H,9,12H2,1-3H3. The van der Waals surface area contributed by atoms with Gasteiger partial charge in [0, 0.05) is 30.7 Å². The van der Waals surface area contributed by atoms with Gasteiger partial charge in [0.25, 0.3) is 11.8 Å². The molecular weight excluding hydrogens is 578 g/mol. The lowest BCUT2D eigenvalue weighted by molar-refractivity contribution is -0.138. The van der Waals surface area contributed by atoms with E-state index < -0.39 is 57.0 Å². The first kappa shape index (κ1) is 27.5. The van der Waals surface area contributed by atoms with Gasteiger partial charge < -0.3 is 14.6 Å². The second kappa shape index (κ2) is 9.19. The zero-order valence-electron chi connectivity index (χ0n) is 22.2. The molecule has 1 saturated carbocycles. The van der Waals surface area contributed by atoms with E-state index in [2.05, 4.69) is 0 Å². The van der Waals surface area contributed by atoms with E-state index in [9.17, 15) is 28.7 Å². The number of methoxy groups -OCH3 is 2. The Morgan fingerprint density at radius 1 is 0.951 bits per heavy atom. The first-order chi connectivity index (χ1) is 19.4. The Morgan fingerprint density at radius 3 is 2.15 bits per heavy atom. The van der Waals surface area contributed by atoms with Crippen molar-refractivity contribution in [2.75, 3.05) is 26.2 Å². The van der Waals surface area contributed by atoms with Crippen LogP contribution in [-0.2, 0) is 19.2 Å². The highest BCUT2D eigenvalue weighted by Gasteiger charge is 2.77. The van der Waals surface area contributed by atoms with Crippen molar-refractivity contribution in [3.63, 3.8) is 0 Å². The SMILES string of the molecule is COc1cc(O)cc(OC)c1C1C2=CCC3C(=O)N(C)C(=O)C3C2CC2(Cl)C(=O)N(c3ccc(F)cc3)C(=O)C12Cl. The number of phenolic OH excluding ortho intramolecular Hbond substituents is 1. The van der Waals surface area contributed by atoms with Crippen LogP contribution in [0.1, 0.15) is 24.3 Å². The maximum Gasteiger partial charge on any atom is 0.258 e. The normalized spacial score (nSPS) is 32.5. The summed E-state index contributed by atoms with van der Waals surface area (Å²) < 4.78 is 25.0. The summed E-state index contributed by atoms with van der Waals surface area (Å²) in [5.41, 5.74) is 0.855. The quantitative estimate of drug-likeness (QED) is 0.322. The van der Waals surface area contributed by atoms with E-state index in [1.165, 1.54) is 45.5 Å². The Labute approximate surface area is 244 Å². The van der Waals surface area contributed by atoms with E-state index in [-0.39, 0.29) is 47.2 Å². The Morgan fingerprint density at radius 2 is 1.56 bits per heavy atom. The zero-order chi connectivity index (χ0) is 29.6. The number of rotatable bonds is 4. The molecule has 2 aliphatic heterocycles. The van der Waals surface area contributed by atoms with Gasteiger partial charge in [-0.25, -0.2) is 9.29 Å². The number of phenols is 1. The Kier molecular flexibility index (Phi) is 6.17. The molecule has 4 amide bonds. The minimum Gasteiger partial charge on any atom is -0.508 e. The minimum absolute atomic E-state index is 0.0703. The highest BCUT2D eigenvalue weighted by atomic mass is 35.5. The molecule has 12 heteroatoms. The van der Waals surface area contributed by atoms with Crippen molar-refractivity contribution in [1.29, 1.82) is 0 Å². The number of fused-ring (bicyclic) bond motifs is 4. The number of anilines is 1. The van der Waals surface area contributed by atoms with Gasteiger partial charge in [0.15, 0.2) is 9.75 Å². The second-order valence-electron chi connectivity index (χ2n) is 10.8. The van der Waals surface area contributed by atoms with Crippen LogP contribution in [0.15, 0.2) is 48.0 Å². The summed E-state index contributed by atoms with van der Waals surface area (Å²) in [6.07, 6.45) is 1.78. The number of hydrogen-bond donors (Lipinski definition) is 1. The molecular formula is C29H25Cl2FN2O7. The summed E-state index contributed by atoms with van der Waals surface area (Å²) in [6, 6.07) is 7.40. The zero-order valence-corrected chi connectivity index (χ0v) is 23.7. The van der Waals surface area contributed by atoms with E-state index in [0.717, 1.165) is 21.9 Å². The summed E-state index contributed by atoms with van der Waals surface area (Å²) in [7, 11) is 4.13. The average Bonchev–Trinajstić information content (AvgIpc) is 3.26. The molecule has 2 saturated heterocycles. The molecule has 0 spiro atoms. The van der Waals surface area contributed by atoms with Crippen LogP contribution in [-0.4, -0.2) is 64.7 Å². The molecule has 2 aromatic rings. The molecule has 2 aromatic carbocycles. The first-order valence-electron chi connectivity index (χ1n) is 12.9. The van der Waals surface area contributed by atoms with Crippen LogP contribution in [0, 0.1) is 23.6 Å². The minimum atomic E-state index is -2.16. The van der Waals surface area contributed by atoms with Crippen molar-refractivity contribution in [3.05, 3.63) is 59.4 Å². The van der Waals surface area contributed by atoms with Crippen molar-refractivity contribution >= 4 is 52.5 Å². The van der Waals surface area contributed by atoms with Crippen LogP contribution in [0.5, 0.6) is 17.2 Å². The average molecular weight is 603 g/mol. The summed E-state index contributed by atoms with van der Waals surface area (Å²) in [6.45, 7) is 0. The van der Waals surface area contributed by atoms with E-state index in [1.54, 1.807) is 6.08 Å². The summed E-state index contributed by atoms with van der Waals surface area (Å²) in [5, 5.41) is 10.4. The monoisotopic (exact) mass is 602 g/mol. The van der Waals surface area contributed by atoms with Crippen LogP contribution >= 0.6 is 23.2 Å². The van der Waals surface area contributed by atoms with Crippen molar-refractivity contribution in [2.45, 2.75) is 28.5 Å². The number of amides is 4. The molecule has 2 aliphatic carbocycles. The van der Waals surface area contributed by atoms with Gasteiger partial charge in [0.1, 0.15) is 23.1 Å². The lowest BCUT2D eigenvalue weighted by Crippen LogP contribution is -2.60. The number of likely N-dealkylation sites (tertiary alicyclic amines) is 1. The van der Waals surface area contributed by atoms with Gasteiger partial charge in [-0.05, 0) is 43.0 Å². The second-order valence-corrected chi connectivity index (χ2v) is 12.0. The van der Waals surface area contributed by atoms with Crippen LogP contribution < -0.4 is 14.4 Å². The van der Waals surface area contributed by atoms with E-state index in [1.807, 2.05) is 0 Å². The van der Waals surface area contributed by atoms with Gasteiger partial charge in [-0.15, -0.1) is 23.2 Å². The molecule has 0 bridgehead atoms. The molecule has 6 unspecified atom stereocenters. The summed E-state index contributed by atoms with van der Waals surface area (Å²) in [4.78, 5) is 52.6. The van der Waals surface area contributed by atoms with Crippen LogP contribution in [0.25, 0.3) is 0 Å². The van der Waals surface area contributed by atoms with Crippen molar-refractivity contribution in [1.82, 2.24) is 4.90 Å². The van der Waals surface area contributed by atoms with E-state index in [0.29, 0.717) is 5.57 Å². The largest absolute Gasteiger partial charge is 0.508 e. The van der Waals surface area contributed by atoms with Crippen molar-refractivity contribution in [2.24, 2.45) is 17.8 Å². The number of benzene rings is 2. The number of carbonyl (C=O) groups excluding carboxylic acids is 4. The van der Waals surface area contributed by atoms with E-state index >= 15 is 0 Å². The Bertz CT molecular complexity index is 1540. The molecule has 6 atom stereocenters. The number of aromatic hydroxyl groups is 1. The number of halogens is 3. The number of ether oxygens (including phenoxy) is 2. The molecule has 0 aromatic heterocycles. The van der Waals surface area contributed by atoms with E-state index in [4.69, 9.17) is 32.7 Å². The number of imide groups is 2. The highest BCUT2D eigenvalue weighted by molar-refractivity contribution is 6.58. The molecule has 2 heterocycles. The topological polar surface area (TPSA) is 113 Å². The maximum absolute atomic E-state index is 14.4. The molecule has 4 aliphatic rings. The predicted octanol–water partition coefficient (Wildman–Crippen LogP) is 3.74. The highest BCUT2D eigenvalue weighted by Crippen LogP contribution is 2.67. The molecule has 9 nitrogen and oxygen atoms in total. The van der Waals surface area contributed by atoms with Crippen molar-refractivity contribution < 1.29 is 38.1 Å². The fourth-order valence-electron chi connectivity index (χ4n) is 7.08. The lowest BCUT2D eigenvalue weighted by atomic mass is 9.56. The molecule has 41 heavy (non-hydrogen) atoms. The molecule has 214 valence electrons. The smallest absolute Gasteiger partial charge is 0.258 e. The number of carbonyl (C=O) groups is 4. The van der Waals surface area contributed by atoms with Crippen LogP contribution in [0.3, 0.4) is 0 Å². The third-order valence-corrected chi connectivity index (χ3v) is 10.3. The molecule has 3 fully saturated rings. The van der Waals surface area contributed by atoms with Crippen LogP contribution in [0.4, 0.5) is 10.1 Å². The maximum atomic E-state index is 14.4. The van der Waals surface area contributed by atoms with Gasteiger partial charge in [0.2, 0.25) is 11.8 Å². The summed E-state index contributed by atoms with van der Waals surface area (Å²) >= 11 is 14.6. The first-order valence-corrected chi connectivity index (χ1v) is 13.6. The molecule has 1 N–H and O–H groups in total. The summed E-state index contributed by atoms with van der Waals surface area (Å²) in [5.74, 6) is -6.36. The van der Waals surface area contributed by atoms with Gasteiger partial charge in [-0.3, -0.25) is 24.1 Å². The van der Waals surface area contributed by atoms with Crippen molar-refractivity contribution in [3.8, 4) is 17.2 Å². The molecule has 6 rings (SSSR count). The fourth-order valence-corrected chi connectivity index (χ4v) is 8.00. The fraction of sp³-hybridized carbons (Fsp3) is 0.379. The third-order valence-electron chi connectivity index (χ3n) is 8.93. The van der Waals surface area contributed by atoms with Gasteiger partial charge in [0.05, 0.1) is 31.7 Å². The lowest BCUT2D eigenvalue weighted by Gasteiger charge is -2.51. The molecule has 0 radical (unpaired) electrons. The number of nitrogens with zero attached hydrogens (tertiary/aromatic N) is 2.